The molecule has 8 heavy (non-hydrogen) atoms. The van der Waals surface area contributed by atoms with Crippen molar-refractivity contribution in [1.29, 1.82) is 0 Å². The summed E-state index contributed by atoms with van der Waals surface area (Å²) in [4.78, 5) is 0. The highest BCUT2D eigenvalue weighted by Gasteiger charge is 1.81. The molecule has 0 aliphatic heterocycles. The van der Waals surface area contributed by atoms with Crippen molar-refractivity contribution in [2.75, 3.05) is 19.8 Å². The highest BCUT2D eigenvalue weighted by Crippen LogP contribution is 1.80. The first-order chi connectivity index (χ1) is 3.91. The van der Waals surface area contributed by atoms with Crippen LogP contribution in [0, 0.1) is 0 Å². The lowest BCUT2D eigenvalue weighted by Crippen LogP contribution is -1.98. The molecule has 0 aromatic rings. The monoisotopic (exact) mass is 127 g/mol. The molecule has 0 fully saturated rings. The third kappa shape index (κ3) is 6.69. The Balaban J connectivity index is 2.53. The fourth-order valence-electron chi connectivity index (χ4n) is 0.407. The van der Waals surface area contributed by atoms with Crippen LogP contribution in [0.2, 0.25) is 0 Å². The molecule has 2 nitrogen and oxygen atoms in total. The van der Waals surface area contributed by atoms with Gasteiger partial charge in [0.15, 0.2) is 0 Å². The zero-order chi connectivity index (χ0) is 6.24. The van der Waals surface area contributed by atoms with Gasteiger partial charge in [-0.3, -0.25) is 0 Å². The van der Waals surface area contributed by atoms with E-state index in [2.05, 4.69) is 0 Å². The second-order valence-electron chi connectivity index (χ2n) is 1.46. The van der Waals surface area contributed by atoms with Gasteiger partial charge in [-0.1, -0.05) is 0 Å². The highest BCUT2D eigenvalue weighted by molar-refractivity contribution is 5.97. The third-order valence-corrected chi connectivity index (χ3v) is 1.07. The molecule has 0 saturated heterocycles. The normalized spacial score (nSPS) is 9.50. The maximum Gasteiger partial charge on any atom is 0.452 e. The smallest absolute Gasteiger partial charge is 0.452 e. The first-order valence-electron chi connectivity index (χ1n) is 2.86. The Hall–Kier alpha value is 0.686. The number of hydrogen-bond acceptors (Lipinski definition) is 2. The molecule has 0 rings (SSSR count). The molecule has 0 aliphatic carbocycles. The first kappa shape index (κ1) is 8.69. The molecule has 0 aliphatic rings. The van der Waals surface area contributed by atoms with Crippen molar-refractivity contribution >= 4 is 22.1 Å². The van der Waals surface area contributed by atoms with E-state index in [9.17, 15) is 0 Å². The summed E-state index contributed by atoms with van der Waals surface area (Å²) >= 11 is 1.53. The largest absolute Gasteiger partial charge is 0.584 e. The molecule has 45 valence electrons. The third-order valence-electron chi connectivity index (χ3n) is 0.781. The van der Waals surface area contributed by atoms with Gasteiger partial charge in [-0.2, -0.15) is 0 Å². The van der Waals surface area contributed by atoms with Crippen LogP contribution in [0.15, 0.2) is 0 Å². The Labute approximate surface area is 63.5 Å². The minimum absolute atomic E-state index is 0.812. The van der Waals surface area contributed by atoms with Gasteiger partial charge < -0.3 is 7.91 Å². The lowest BCUT2D eigenvalue weighted by atomic mass is 10.5. The summed E-state index contributed by atoms with van der Waals surface area (Å²) in [6.45, 7) is 4.45. The van der Waals surface area contributed by atoms with E-state index in [0.29, 0.717) is 0 Å². The number of rotatable bonds is 5. The van der Waals surface area contributed by atoms with E-state index in [1.165, 1.54) is 22.1 Å². The van der Waals surface area contributed by atoms with Crippen LogP contribution >= 0.6 is 0 Å². The number of hydrogen-bond donors (Lipinski definition) is 0. The van der Waals surface area contributed by atoms with Crippen molar-refractivity contribution in [3.63, 3.8) is 0 Å². The van der Waals surface area contributed by atoms with E-state index in [4.69, 9.17) is 7.91 Å². The van der Waals surface area contributed by atoms with Crippen LogP contribution in [0.1, 0.15) is 13.3 Å². The summed E-state index contributed by atoms with van der Waals surface area (Å²) in [6, 6.07) is 0. The fraction of sp³-hybridized carbons (Fsp3) is 1.00. The van der Waals surface area contributed by atoms with Crippen molar-refractivity contribution in [3.8, 4) is 0 Å². The van der Waals surface area contributed by atoms with E-state index < -0.39 is 0 Å². The topological polar surface area (TPSA) is 18.5 Å². The minimum atomic E-state index is 0.812. The SMILES string of the molecule is CCOCCC[O][Mg]. The Kier molecular flexibility index (Phi) is 8.35. The molecule has 0 aromatic carbocycles. The van der Waals surface area contributed by atoms with E-state index in [1.807, 2.05) is 6.92 Å². The van der Waals surface area contributed by atoms with Crippen molar-refractivity contribution < 1.29 is 7.91 Å². The molecule has 0 bridgehead atoms. The standard InChI is InChI=1S/C5H11O2.Mg/c1-2-7-5-3-4-6;/h2-5H2,1H3;/q-1;+1. The molecular weight excluding hydrogens is 116 g/mol. The maximum absolute atomic E-state index is 5.06. The first-order valence-corrected chi connectivity index (χ1v) is 3.44. The molecule has 0 heterocycles. The zero-order valence-corrected chi connectivity index (χ0v) is 6.77. The van der Waals surface area contributed by atoms with E-state index >= 15 is 0 Å². The van der Waals surface area contributed by atoms with Gasteiger partial charge in [0.1, 0.15) is 0 Å². The van der Waals surface area contributed by atoms with Gasteiger partial charge in [0, 0.05) is 19.8 Å². The molecular formula is C5H11MgO2. The van der Waals surface area contributed by atoms with Crippen LogP contribution < -0.4 is 0 Å². The van der Waals surface area contributed by atoms with Gasteiger partial charge >= 0.3 is 22.1 Å². The van der Waals surface area contributed by atoms with Crippen LogP contribution in [0.25, 0.3) is 0 Å². The summed E-state index contributed by atoms with van der Waals surface area (Å²) in [5.74, 6) is 0. The van der Waals surface area contributed by atoms with E-state index in [1.54, 1.807) is 0 Å². The summed E-state index contributed by atoms with van der Waals surface area (Å²) in [6.07, 6.45) is 1.01. The highest BCUT2D eigenvalue weighted by atomic mass is 24.4. The van der Waals surface area contributed by atoms with Crippen LogP contribution in [0.4, 0.5) is 0 Å². The molecule has 0 N–H and O–H groups in total. The summed E-state index contributed by atoms with van der Waals surface area (Å²) in [5, 5.41) is 0. The predicted molar refractivity (Wildman–Crippen MR) is 32.8 cm³/mol. The average molecular weight is 127 g/mol. The summed E-state index contributed by atoms with van der Waals surface area (Å²) in [5.41, 5.74) is 0. The molecule has 0 spiro atoms. The number of ether oxygens (including phenoxy) is 1. The zero-order valence-electron chi connectivity index (χ0n) is 5.35. The second kappa shape index (κ2) is 7.69. The summed E-state index contributed by atoms with van der Waals surface area (Å²) < 4.78 is 9.89. The van der Waals surface area contributed by atoms with E-state index in [0.717, 1.165) is 26.2 Å². The molecule has 3 heteroatoms. The quantitative estimate of drug-likeness (QED) is 0.396. The van der Waals surface area contributed by atoms with Gasteiger partial charge in [0.05, 0.1) is 0 Å². The molecule has 1 radical (unpaired) electrons. The Bertz CT molecular complexity index is 35.4. The average Bonchev–Trinajstić information content (AvgIpc) is 1.81. The van der Waals surface area contributed by atoms with E-state index in [-0.39, 0.29) is 0 Å². The van der Waals surface area contributed by atoms with Gasteiger partial charge in [-0.05, 0) is 13.3 Å². The molecule has 0 amide bonds. The molecule has 0 aromatic heterocycles. The summed E-state index contributed by atoms with van der Waals surface area (Å²) in [7, 11) is 0. The van der Waals surface area contributed by atoms with Crippen LogP contribution in [-0.4, -0.2) is 41.9 Å². The lowest BCUT2D eigenvalue weighted by Gasteiger charge is -2.00. The van der Waals surface area contributed by atoms with Crippen molar-refractivity contribution in [2.45, 2.75) is 13.3 Å². The Morgan fingerprint density at radius 3 is 2.62 bits per heavy atom. The van der Waals surface area contributed by atoms with Crippen LogP contribution in [-0.2, 0) is 7.91 Å². The fourth-order valence-corrected chi connectivity index (χ4v) is 0.612. The van der Waals surface area contributed by atoms with Gasteiger partial charge in [0.2, 0.25) is 0 Å². The second-order valence-corrected chi connectivity index (χ2v) is 1.87. The lowest BCUT2D eigenvalue weighted by molar-refractivity contribution is 0.132. The Morgan fingerprint density at radius 2 is 2.12 bits per heavy atom. The van der Waals surface area contributed by atoms with Crippen molar-refractivity contribution in [1.82, 2.24) is 0 Å². The Morgan fingerprint density at radius 1 is 1.38 bits per heavy atom. The van der Waals surface area contributed by atoms with Crippen molar-refractivity contribution in [3.05, 3.63) is 0 Å². The van der Waals surface area contributed by atoms with Crippen molar-refractivity contribution in [2.24, 2.45) is 0 Å². The maximum atomic E-state index is 5.06. The predicted octanol–water partition coefficient (Wildman–Crippen LogP) is 0.513. The van der Waals surface area contributed by atoms with Gasteiger partial charge in [-0.25, -0.2) is 0 Å². The van der Waals surface area contributed by atoms with Crippen LogP contribution in [0.5, 0.6) is 0 Å². The van der Waals surface area contributed by atoms with Crippen LogP contribution in [0.3, 0.4) is 0 Å². The molecule has 0 saturated carbocycles. The van der Waals surface area contributed by atoms with Gasteiger partial charge in [-0.15, -0.1) is 0 Å². The molecule has 0 unspecified atom stereocenters. The minimum Gasteiger partial charge on any atom is -0.584 e. The molecule has 0 atom stereocenters. The van der Waals surface area contributed by atoms with Gasteiger partial charge in [0.25, 0.3) is 0 Å².